The molecule has 1 saturated heterocycles. The molecule has 8 heteroatoms. The van der Waals surface area contributed by atoms with E-state index in [1.54, 1.807) is 20.8 Å². The number of hydrogen-bond acceptors (Lipinski definition) is 5. The van der Waals surface area contributed by atoms with E-state index in [4.69, 9.17) is 4.74 Å². The van der Waals surface area contributed by atoms with Crippen LogP contribution in [0.4, 0.5) is 4.79 Å². The summed E-state index contributed by atoms with van der Waals surface area (Å²) in [6.45, 7) is 7.21. The van der Waals surface area contributed by atoms with Crippen LogP contribution in [0, 0.1) is 5.92 Å². The number of carbonyl (C=O) groups excluding carboxylic acids is 1. The second-order valence-electron chi connectivity index (χ2n) is 7.46. The van der Waals surface area contributed by atoms with Crippen molar-refractivity contribution in [1.82, 2.24) is 14.3 Å². The third kappa shape index (κ3) is 5.61. The molecule has 2 N–H and O–H groups in total. The van der Waals surface area contributed by atoms with E-state index in [2.05, 4.69) is 10.0 Å². The largest absolute Gasteiger partial charge is 0.443 e. The highest BCUT2D eigenvalue weighted by molar-refractivity contribution is 7.87. The van der Waals surface area contributed by atoms with Crippen LogP contribution in [0.5, 0.6) is 0 Å². The minimum Gasteiger partial charge on any atom is -0.443 e. The van der Waals surface area contributed by atoms with Crippen LogP contribution in [-0.4, -0.2) is 50.1 Å². The number of nitrogens with one attached hydrogen (secondary N) is 2. The second kappa shape index (κ2) is 7.36. The zero-order chi connectivity index (χ0) is 17.1. The van der Waals surface area contributed by atoms with Gasteiger partial charge in [0.2, 0.25) is 0 Å². The molecule has 0 radical (unpaired) electrons. The Kier molecular flexibility index (Phi) is 5.91. The van der Waals surface area contributed by atoms with Gasteiger partial charge in [-0.1, -0.05) is 6.42 Å². The molecule has 1 saturated carbocycles. The zero-order valence-corrected chi connectivity index (χ0v) is 15.1. The van der Waals surface area contributed by atoms with Gasteiger partial charge in [0.1, 0.15) is 5.60 Å². The lowest BCUT2D eigenvalue weighted by atomic mass is 9.85. The van der Waals surface area contributed by atoms with Gasteiger partial charge in [-0.25, -0.2) is 9.52 Å². The van der Waals surface area contributed by atoms with E-state index in [1.807, 2.05) is 0 Å². The molecule has 0 atom stereocenters. The number of rotatable bonds is 5. The van der Waals surface area contributed by atoms with E-state index in [1.165, 1.54) is 4.31 Å². The summed E-state index contributed by atoms with van der Waals surface area (Å²) in [5.74, 6) is 0.403. The fourth-order valence-corrected chi connectivity index (χ4v) is 4.31. The molecule has 0 bridgehead atoms. The summed E-state index contributed by atoms with van der Waals surface area (Å²) < 4.78 is 34.0. The predicted molar refractivity (Wildman–Crippen MR) is 88.2 cm³/mol. The highest BCUT2D eigenvalue weighted by atomic mass is 32.2. The maximum atomic E-state index is 12.7. The van der Waals surface area contributed by atoms with Crippen molar-refractivity contribution < 1.29 is 17.9 Å². The van der Waals surface area contributed by atoms with E-state index in [0.29, 0.717) is 12.5 Å². The fourth-order valence-electron chi connectivity index (χ4n) is 2.93. The van der Waals surface area contributed by atoms with E-state index < -0.39 is 21.9 Å². The Hall–Kier alpha value is -0.860. The van der Waals surface area contributed by atoms with Gasteiger partial charge in [-0.2, -0.15) is 12.7 Å². The number of carbonyl (C=O) groups is 1. The minimum atomic E-state index is -3.88. The standard InChI is InChI=1S/C15H29N3O4S/c1-15(2,3)22-14(19)17-23(20,21)18(11-12-5-4-6-12)13-7-9-16-10-8-13/h12-13,16H,4-11H2,1-3H3,(H,17,19). The number of amides is 1. The molecule has 7 nitrogen and oxygen atoms in total. The van der Waals surface area contributed by atoms with Crippen LogP contribution in [0.2, 0.25) is 0 Å². The molecule has 0 aromatic heterocycles. The molecule has 1 aliphatic carbocycles. The van der Waals surface area contributed by atoms with Crippen LogP contribution in [0.3, 0.4) is 0 Å². The monoisotopic (exact) mass is 347 g/mol. The Morgan fingerprint density at radius 2 is 1.83 bits per heavy atom. The molecule has 1 amide bonds. The lowest BCUT2D eigenvalue weighted by Gasteiger charge is -2.38. The number of nitrogens with zero attached hydrogens (tertiary/aromatic N) is 1. The average Bonchev–Trinajstić information content (AvgIpc) is 2.34. The van der Waals surface area contributed by atoms with Crippen LogP contribution in [0.25, 0.3) is 0 Å². The van der Waals surface area contributed by atoms with Crippen molar-refractivity contribution in [3.05, 3.63) is 0 Å². The van der Waals surface area contributed by atoms with E-state index in [9.17, 15) is 13.2 Å². The fraction of sp³-hybridized carbons (Fsp3) is 0.933. The second-order valence-corrected chi connectivity index (χ2v) is 9.08. The van der Waals surface area contributed by atoms with Crippen LogP contribution in [0.15, 0.2) is 0 Å². The Morgan fingerprint density at radius 3 is 2.30 bits per heavy atom. The molecule has 2 aliphatic rings. The molecule has 2 fully saturated rings. The first kappa shape index (κ1) is 18.5. The molecule has 0 aromatic rings. The Morgan fingerprint density at radius 1 is 1.22 bits per heavy atom. The lowest BCUT2D eigenvalue weighted by Crippen LogP contribution is -2.53. The van der Waals surface area contributed by atoms with Crippen molar-refractivity contribution in [3.63, 3.8) is 0 Å². The Labute approximate surface area is 139 Å². The maximum absolute atomic E-state index is 12.7. The van der Waals surface area contributed by atoms with Crippen LogP contribution >= 0.6 is 0 Å². The SMILES string of the molecule is CC(C)(C)OC(=O)NS(=O)(=O)N(CC1CCC1)C1CCNCC1. The third-order valence-electron chi connectivity index (χ3n) is 4.30. The lowest BCUT2D eigenvalue weighted by molar-refractivity contribution is 0.0564. The molecule has 0 unspecified atom stereocenters. The molecular formula is C15H29N3O4S. The molecule has 1 heterocycles. The first-order valence-electron chi connectivity index (χ1n) is 8.41. The Balaban J connectivity index is 2.06. The van der Waals surface area contributed by atoms with Gasteiger partial charge in [-0.05, 0) is 65.5 Å². The van der Waals surface area contributed by atoms with Crippen molar-refractivity contribution in [2.24, 2.45) is 5.92 Å². The summed E-state index contributed by atoms with van der Waals surface area (Å²) in [6, 6.07) is -0.0585. The molecule has 134 valence electrons. The third-order valence-corrected chi connectivity index (χ3v) is 5.79. The maximum Gasteiger partial charge on any atom is 0.422 e. The molecule has 0 aromatic carbocycles. The van der Waals surface area contributed by atoms with Gasteiger partial charge in [0.05, 0.1) is 0 Å². The van der Waals surface area contributed by atoms with Crippen LogP contribution in [0.1, 0.15) is 52.9 Å². The first-order chi connectivity index (χ1) is 10.7. The topological polar surface area (TPSA) is 87.7 Å². The molecule has 2 rings (SSSR count). The Bertz CT molecular complexity index is 505. The molecule has 1 aliphatic heterocycles. The van der Waals surface area contributed by atoms with E-state index in [-0.39, 0.29) is 6.04 Å². The molecular weight excluding hydrogens is 318 g/mol. The van der Waals surface area contributed by atoms with Gasteiger partial charge in [0, 0.05) is 12.6 Å². The summed E-state index contributed by atoms with van der Waals surface area (Å²) in [7, 11) is -3.88. The van der Waals surface area contributed by atoms with Crippen molar-refractivity contribution in [2.75, 3.05) is 19.6 Å². The van der Waals surface area contributed by atoms with Crippen molar-refractivity contribution in [3.8, 4) is 0 Å². The summed E-state index contributed by atoms with van der Waals surface area (Å²) in [4.78, 5) is 11.9. The van der Waals surface area contributed by atoms with Crippen molar-refractivity contribution in [2.45, 2.75) is 64.5 Å². The normalized spacial score (nSPS) is 21.0. The molecule has 0 spiro atoms. The van der Waals surface area contributed by atoms with Crippen LogP contribution < -0.4 is 10.0 Å². The van der Waals surface area contributed by atoms with Crippen molar-refractivity contribution >= 4 is 16.3 Å². The number of piperidine rings is 1. The summed E-state index contributed by atoms with van der Waals surface area (Å²) in [5, 5.41) is 3.24. The number of ether oxygens (including phenoxy) is 1. The predicted octanol–water partition coefficient (Wildman–Crippen LogP) is 1.61. The minimum absolute atomic E-state index is 0.0585. The summed E-state index contributed by atoms with van der Waals surface area (Å²) >= 11 is 0. The van der Waals surface area contributed by atoms with Gasteiger partial charge in [0.25, 0.3) is 0 Å². The smallest absolute Gasteiger partial charge is 0.422 e. The van der Waals surface area contributed by atoms with Gasteiger partial charge in [-0.15, -0.1) is 0 Å². The van der Waals surface area contributed by atoms with Crippen molar-refractivity contribution in [1.29, 1.82) is 0 Å². The summed E-state index contributed by atoms with van der Waals surface area (Å²) in [5.41, 5.74) is -0.729. The average molecular weight is 347 g/mol. The number of hydrogen-bond donors (Lipinski definition) is 2. The highest BCUT2D eigenvalue weighted by Crippen LogP contribution is 2.29. The quantitative estimate of drug-likeness (QED) is 0.789. The highest BCUT2D eigenvalue weighted by Gasteiger charge is 2.36. The first-order valence-corrected chi connectivity index (χ1v) is 9.85. The molecule has 23 heavy (non-hydrogen) atoms. The van der Waals surface area contributed by atoms with Gasteiger partial charge in [-0.3, -0.25) is 0 Å². The summed E-state index contributed by atoms with van der Waals surface area (Å²) in [6.07, 6.45) is 3.89. The zero-order valence-electron chi connectivity index (χ0n) is 14.3. The van der Waals surface area contributed by atoms with Gasteiger partial charge in [0.15, 0.2) is 0 Å². The van der Waals surface area contributed by atoms with E-state index >= 15 is 0 Å². The van der Waals surface area contributed by atoms with Crippen LogP contribution in [-0.2, 0) is 14.9 Å². The van der Waals surface area contributed by atoms with E-state index in [0.717, 1.165) is 45.2 Å². The van der Waals surface area contributed by atoms with Gasteiger partial charge < -0.3 is 10.1 Å². The van der Waals surface area contributed by atoms with Gasteiger partial charge >= 0.3 is 16.3 Å².